The van der Waals surface area contributed by atoms with E-state index < -0.39 is 12.8 Å². The third kappa shape index (κ3) is 13.8. The molecule has 2 nitrogen and oxygen atoms in total. The largest absolute Gasteiger partial charge is 0.411 e. The van der Waals surface area contributed by atoms with Crippen molar-refractivity contribution in [2.75, 3.05) is 37.8 Å². The summed E-state index contributed by atoms with van der Waals surface area (Å²) in [6, 6.07) is 0. The molecule has 0 atom stereocenters. The average molecular weight is 257 g/mol. The first kappa shape index (κ1) is 15.8. The molecule has 0 aromatic heterocycles. The predicted molar refractivity (Wildman–Crippen MR) is 61.9 cm³/mol. The van der Waals surface area contributed by atoms with Crippen LogP contribution in [0.25, 0.3) is 0 Å². The maximum atomic E-state index is 11.7. The van der Waals surface area contributed by atoms with E-state index in [0.29, 0.717) is 13.0 Å². The number of alkyl halides is 3. The van der Waals surface area contributed by atoms with Gasteiger partial charge in [0.1, 0.15) is 6.61 Å². The molecular weight excluding hydrogens is 239 g/mol. The Morgan fingerprint density at radius 2 is 2.06 bits per heavy atom. The molecule has 0 saturated carbocycles. The highest BCUT2D eigenvalue weighted by molar-refractivity contribution is 7.99. The molecule has 0 spiro atoms. The minimum atomic E-state index is -4.21. The minimum absolute atomic E-state index is 0.145. The van der Waals surface area contributed by atoms with Gasteiger partial charge < -0.3 is 10.1 Å². The van der Waals surface area contributed by atoms with E-state index in [-0.39, 0.29) is 6.61 Å². The first-order chi connectivity index (χ1) is 7.56. The second-order valence-corrected chi connectivity index (χ2v) is 4.28. The van der Waals surface area contributed by atoms with E-state index in [0.717, 1.165) is 18.1 Å². The molecule has 0 heterocycles. The standard InChI is InChI=1S/C10H18F3NOS/c1-2-7-16-8-5-14-4-3-6-15-9-10(11,12)13/h2,14H,1,3-9H2. The number of ether oxygens (including phenoxy) is 1. The zero-order valence-electron chi connectivity index (χ0n) is 9.18. The topological polar surface area (TPSA) is 21.3 Å². The summed E-state index contributed by atoms with van der Waals surface area (Å²) in [6.45, 7) is 4.14. The summed E-state index contributed by atoms with van der Waals surface area (Å²) in [6.07, 6.45) is -1.77. The predicted octanol–water partition coefficient (Wildman–Crippen LogP) is 2.46. The van der Waals surface area contributed by atoms with E-state index in [9.17, 15) is 13.2 Å². The van der Waals surface area contributed by atoms with Crippen LogP contribution < -0.4 is 5.32 Å². The summed E-state index contributed by atoms with van der Waals surface area (Å²) >= 11 is 1.76. The lowest BCUT2D eigenvalue weighted by Gasteiger charge is -2.07. The van der Waals surface area contributed by atoms with Crippen LogP contribution in [0.3, 0.4) is 0 Å². The van der Waals surface area contributed by atoms with Crippen LogP contribution in [0.15, 0.2) is 12.7 Å². The molecule has 0 aliphatic rings. The Labute approximate surface area is 98.6 Å². The first-order valence-electron chi connectivity index (χ1n) is 5.10. The summed E-state index contributed by atoms with van der Waals surface area (Å²) in [4.78, 5) is 0. The van der Waals surface area contributed by atoms with Crippen LogP contribution in [-0.2, 0) is 4.74 Å². The van der Waals surface area contributed by atoms with E-state index >= 15 is 0 Å². The summed E-state index contributed by atoms with van der Waals surface area (Å²) < 4.78 is 39.4. The molecule has 0 aliphatic heterocycles. The van der Waals surface area contributed by atoms with Crippen LogP contribution in [-0.4, -0.2) is 44.0 Å². The maximum absolute atomic E-state index is 11.7. The van der Waals surface area contributed by atoms with Crippen molar-refractivity contribution in [2.45, 2.75) is 12.6 Å². The Balaban J connectivity index is 3.01. The molecule has 0 aromatic rings. The van der Waals surface area contributed by atoms with Gasteiger partial charge in [-0.3, -0.25) is 0 Å². The van der Waals surface area contributed by atoms with Crippen LogP contribution in [0.4, 0.5) is 13.2 Å². The second-order valence-electron chi connectivity index (χ2n) is 3.13. The minimum Gasteiger partial charge on any atom is -0.372 e. The molecule has 0 unspecified atom stereocenters. The van der Waals surface area contributed by atoms with Crippen LogP contribution in [0.1, 0.15) is 6.42 Å². The molecule has 1 N–H and O–H groups in total. The van der Waals surface area contributed by atoms with Gasteiger partial charge in [0.2, 0.25) is 0 Å². The second kappa shape index (κ2) is 9.99. The fourth-order valence-corrected chi connectivity index (χ4v) is 1.55. The van der Waals surface area contributed by atoms with Gasteiger partial charge in [-0.15, -0.1) is 6.58 Å². The molecule has 0 radical (unpaired) electrons. The van der Waals surface area contributed by atoms with E-state index in [4.69, 9.17) is 0 Å². The van der Waals surface area contributed by atoms with E-state index in [1.54, 1.807) is 11.8 Å². The van der Waals surface area contributed by atoms with Crippen LogP contribution in [0.5, 0.6) is 0 Å². The summed E-state index contributed by atoms with van der Waals surface area (Å²) in [5.74, 6) is 1.91. The first-order valence-corrected chi connectivity index (χ1v) is 6.25. The van der Waals surface area contributed by atoms with Crippen LogP contribution >= 0.6 is 11.8 Å². The number of rotatable bonds is 10. The van der Waals surface area contributed by atoms with Crippen molar-refractivity contribution in [2.24, 2.45) is 0 Å². The highest BCUT2D eigenvalue weighted by Crippen LogP contribution is 2.14. The van der Waals surface area contributed by atoms with Gasteiger partial charge >= 0.3 is 6.18 Å². The molecule has 0 rings (SSSR count). The Bertz CT molecular complexity index is 176. The van der Waals surface area contributed by atoms with Gasteiger partial charge in [0.15, 0.2) is 0 Å². The van der Waals surface area contributed by atoms with Crippen molar-refractivity contribution in [1.82, 2.24) is 5.32 Å². The van der Waals surface area contributed by atoms with Crippen molar-refractivity contribution in [3.63, 3.8) is 0 Å². The van der Waals surface area contributed by atoms with Gasteiger partial charge in [0, 0.05) is 24.7 Å². The van der Waals surface area contributed by atoms with Crippen molar-refractivity contribution in [3.8, 4) is 0 Å². The molecule has 0 amide bonds. The zero-order chi connectivity index (χ0) is 12.3. The Hall–Kier alpha value is -0.200. The Morgan fingerprint density at radius 1 is 1.31 bits per heavy atom. The van der Waals surface area contributed by atoms with Gasteiger partial charge in [-0.2, -0.15) is 24.9 Å². The maximum Gasteiger partial charge on any atom is 0.411 e. The van der Waals surface area contributed by atoms with Crippen molar-refractivity contribution in [1.29, 1.82) is 0 Å². The molecule has 0 fully saturated rings. The third-order valence-corrected chi connectivity index (χ3v) is 2.53. The number of halogens is 3. The fraction of sp³-hybridized carbons (Fsp3) is 0.800. The molecule has 0 bridgehead atoms. The lowest BCUT2D eigenvalue weighted by atomic mass is 10.4. The monoisotopic (exact) mass is 257 g/mol. The smallest absolute Gasteiger partial charge is 0.372 e. The van der Waals surface area contributed by atoms with Gasteiger partial charge in [-0.05, 0) is 13.0 Å². The Kier molecular flexibility index (Phi) is 9.86. The van der Waals surface area contributed by atoms with Crippen LogP contribution in [0, 0.1) is 0 Å². The molecule has 6 heteroatoms. The molecule has 0 aliphatic carbocycles. The summed E-state index contributed by atoms with van der Waals surface area (Å²) in [5, 5.41) is 3.13. The molecule has 0 saturated heterocycles. The normalized spacial score (nSPS) is 11.7. The van der Waals surface area contributed by atoms with Gasteiger partial charge in [-0.25, -0.2) is 0 Å². The molecular formula is C10H18F3NOS. The van der Waals surface area contributed by atoms with E-state index in [2.05, 4.69) is 16.6 Å². The highest BCUT2D eigenvalue weighted by atomic mass is 32.2. The average Bonchev–Trinajstić information content (AvgIpc) is 2.19. The number of hydrogen-bond donors (Lipinski definition) is 1. The van der Waals surface area contributed by atoms with Crippen molar-refractivity contribution < 1.29 is 17.9 Å². The SMILES string of the molecule is C=CCSCCNCCCOCC(F)(F)F. The lowest BCUT2D eigenvalue weighted by molar-refractivity contribution is -0.173. The van der Waals surface area contributed by atoms with Crippen LogP contribution in [0.2, 0.25) is 0 Å². The van der Waals surface area contributed by atoms with E-state index in [1.807, 2.05) is 6.08 Å². The molecule has 16 heavy (non-hydrogen) atoms. The summed E-state index contributed by atoms with van der Waals surface area (Å²) in [7, 11) is 0. The number of thioether (sulfide) groups is 1. The van der Waals surface area contributed by atoms with Crippen molar-refractivity contribution >= 4 is 11.8 Å². The van der Waals surface area contributed by atoms with E-state index in [1.165, 1.54) is 0 Å². The molecule has 96 valence electrons. The van der Waals surface area contributed by atoms with Gasteiger partial charge in [0.25, 0.3) is 0 Å². The third-order valence-electron chi connectivity index (χ3n) is 1.57. The zero-order valence-corrected chi connectivity index (χ0v) is 10.0. The quantitative estimate of drug-likeness (QED) is 0.480. The molecule has 0 aromatic carbocycles. The Morgan fingerprint density at radius 3 is 2.69 bits per heavy atom. The van der Waals surface area contributed by atoms with Gasteiger partial charge in [0.05, 0.1) is 0 Å². The number of hydrogen-bond acceptors (Lipinski definition) is 3. The van der Waals surface area contributed by atoms with Gasteiger partial charge in [-0.1, -0.05) is 6.08 Å². The number of nitrogens with one attached hydrogen (secondary N) is 1. The highest BCUT2D eigenvalue weighted by Gasteiger charge is 2.26. The fourth-order valence-electron chi connectivity index (χ4n) is 0.923. The lowest BCUT2D eigenvalue weighted by Crippen LogP contribution is -2.22. The summed E-state index contributed by atoms with van der Waals surface area (Å²) in [5.41, 5.74) is 0. The van der Waals surface area contributed by atoms with Crippen molar-refractivity contribution in [3.05, 3.63) is 12.7 Å².